The number of aromatic amines is 1. The quantitative estimate of drug-likeness (QED) is 0.621. The van der Waals surface area contributed by atoms with E-state index in [1.54, 1.807) is 0 Å². The highest BCUT2D eigenvalue weighted by Gasteiger charge is 2.15. The normalized spacial score (nSPS) is 12.1. The highest BCUT2D eigenvalue weighted by atomic mass is 32.2. The van der Waals surface area contributed by atoms with Crippen LogP contribution in [0.4, 0.5) is 5.69 Å². The summed E-state index contributed by atoms with van der Waals surface area (Å²) in [5, 5.41) is 0. The molecular weight excluding hydrogens is 234 g/mol. The summed E-state index contributed by atoms with van der Waals surface area (Å²) in [6, 6.07) is 2.48. The maximum absolute atomic E-state index is 11.5. The van der Waals surface area contributed by atoms with Gasteiger partial charge in [0.25, 0.3) is 0 Å². The van der Waals surface area contributed by atoms with Gasteiger partial charge >= 0.3 is 5.76 Å². The maximum Gasteiger partial charge on any atom is 0.417 e. The Morgan fingerprint density at radius 1 is 1.44 bits per heavy atom. The Morgan fingerprint density at radius 3 is 2.75 bits per heavy atom. The van der Waals surface area contributed by atoms with Gasteiger partial charge in [0, 0.05) is 6.07 Å². The molecule has 0 aliphatic rings. The van der Waals surface area contributed by atoms with Gasteiger partial charge in [0.15, 0.2) is 5.58 Å². The lowest BCUT2D eigenvalue weighted by Gasteiger charge is -2.03. The Labute approximate surface area is 90.3 Å². The van der Waals surface area contributed by atoms with Gasteiger partial charge < -0.3 is 10.2 Å². The van der Waals surface area contributed by atoms with Crippen LogP contribution in [0.3, 0.4) is 0 Å². The van der Waals surface area contributed by atoms with E-state index >= 15 is 0 Å². The third kappa shape index (κ3) is 1.57. The van der Waals surface area contributed by atoms with Crippen LogP contribution in [0, 0.1) is 0 Å². The summed E-state index contributed by atoms with van der Waals surface area (Å²) >= 11 is 0. The number of oxazole rings is 1. The summed E-state index contributed by atoms with van der Waals surface area (Å²) in [5.74, 6) is -0.680. The lowest BCUT2D eigenvalue weighted by molar-refractivity contribution is 0.553. The van der Waals surface area contributed by atoms with E-state index in [0.29, 0.717) is 5.52 Å². The van der Waals surface area contributed by atoms with Crippen molar-refractivity contribution in [1.29, 1.82) is 0 Å². The molecule has 0 saturated heterocycles. The molecule has 7 nitrogen and oxygen atoms in total. The molecule has 0 radical (unpaired) electrons. The summed E-state index contributed by atoms with van der Waals surface area (Å²) in [7, 11) is -2.33. The zero-order chi connectivity index (χ0) is 11.9. The minimum Gasteiger partial charge on any atom is -0.408 e. The number of fused-ring (bicyclic) bond motifs is 1. The van der Waals surface area contributed by atoms with Crippen molar-refractivity contribution in [2.45, 2.75) is 4.90 Å². The van der Waals surface area contributed by atoms with Crippen molar-refractivity contribution < 1.29 is 12.8 Å². The number of hydrogen-bond donors (Lipinski definition) is 3. The third-order valence-corrected chi connectivity index (χ3v) is 3.51. The average molecular weight is 243 g/mol. The molecule has 0 atom stereocenters. The van der Waals surface area contributed by atoms with E-state index in [9.17, 15) is 13.2 Å². The smallest absolute Gasteiger partial charge is 0.408 e. The Hall–Kier alpha value is -1.80. The van der Waals surface area contributed by atoms with Gasteiger partial charge in [0.1, 0.15) is 5.52 Å². The molecule has 2 rings (SSSR count). The molecule has 0 aliphatic carbocycles. The zero-order valence-electron chi connectivity index (χ0n) is 8.27. The molecule has 0 fully saturated rings. The summed E-state index contributed by atoms with van der Waals surface area (Å²) in [6.45, 7) is 0. The summed E-state index contributed by atoms with van der Waals surface area (Å²) < 4.78 is 29.9. The molecule has 1 aromatic carbocycles. The number of hydrogen-bond acceptors (Lipinski definition) is 5. The fourth-order valence-corrected chi connectivity index (χ4v) is 2.11. The molecule has 16 heavy (non-hydrogen) atoms. The van der Waals surface area contributed by atoms with Crippen molar-refractivity contribution >= 4 is 26.8 Å². The number of H-pyrrole nitrogens is 1. The summed E-state index contributed by atoms with van der Waals surface area (Å²) in [5.41, 5.74) is 6.14. The zero-order valence-corrected chi connectivity index (χ0v) is 9.09. The molecule has 8 heteroatoms. The van der Waals surface area contributed by atoms with Crippen molar-refractivity contribution in [2.75, 3.05) is 12.8 Å². The molecule has 86 valence electrons. The van der Waals surface area contributed by atoms with E-state index in [1.807, 2.05) is 0 Å². The number of benzene rings is 1. The minimum atomic E-state index is -3.61. The van der Waals surface area contributed by atoms with E-state index in [1.165, 1.54) is 19.2 Å². The Bertz CT molecular complexity index is 698. The lowest BCUT2D eigenvalue weighted by atomic mass is 10.3. The number of rotatable bonds is 2. The molecule has 2 aromatic rings. The lowest BCUT2D eigenvalue weighted by Crippen LogP contribution is -2.18. The number of anilines is 1. The second kappa shape index (κ2) is 3.35. The number of aromatic nitrogens is 1. The van der Waals surface area contributed by atoms with Crippen LogP contribution >= 0.6 is 0 Å². The van der Waals surface area contributed by atoms with Gasteiger partial charge in [-0.2, -0.15) is 0 Å². The van der Waals surface area contributed by atoms with Gasteiger partial charge in [-0.3, -0.25) is 4.98 Å². The average Bonchev–Trinajstić information content (AvgIpc) is 2.59. The first-order chi connectivity index (χ1) is 7.44. The second-order valence-corrected chi connectivity index (χ2v) is 4.99. The monoisotopic (exact) mass is 243 g/mol. The van der Waals surface area contributed by atoms with E-state index in [4.69, 9.17) is 10.2 Å². The van der Waals surface area contributed by atoms with Gasteiger partial charge in [0.05, 0.1) is 10.6 Å². The molecule has 1 aromatic heterocycles. The first-order valence-corrected chi connectivity index (χ1v) is 5.78. The Kier molecular flexibility index (Phi) is 2.25. The van der Waals surface area contributed by atoms with E-state index < -0.39 is 15.8 Å². The van der Waals surface area contributed by atoms with Crippen LogP contribution in [0.1, 0.15) is 0 Å². The van der Waals surface area contributed by atoms with Gasteiger partial charge in [0.2, 0.25) is 10.0 Å². The topological polar surface area (TPSA) is 118 Å². The fourth-order valence-electron chi connectivity index (χ4n) is 1.33. The second-order valence-electron chi connectivity index (χ2n) is 3.11. The van der Waals surface area contributed by atoms with Crippen LogP contribution in [0.5, 0.6) is 0 Å². The number of sulfonamides is 1. The molecule has 0 bridgehead atoms. The highest BCUT2D eigenvalue weighted by molar-refractivity contribution is 7.89. The predicted molar refractivity (Wildman–Crippen MR) is 57.5 cm³/mol. The molecular formula is C8H9N3O4S. The fraction of sp³-hybridized carbons (Fsp3) is 0.125. The van der Waals surface area contributed by atoms with Crippen LogP contribution in [-0.4, -0.2) is 20.4 Å². The first kappa shape index (κ1) is 10.7. The van der Waals surface area contributed by atoms with Gasteiger partial charge in [-0.05, 0) is 13.1 Å². The molecule has 0 saturated carbocycles. The van der Waals surface area contributed by atoms with Crippen molar-refractivity contribution in [2.24, 2.45) is 0 Å². The first-order valence-electron chi connectivity index (χ1n) is 4.30. The van der Waals surface area contributed by atoms with Gasteiger partial charge in [-0.25, -0.2) is 17.9 Å². The van der Waals surface area contributed by atoms with Crippen LogP contribution in [0.2, 0.25) is 0 Å². The molecule has 1 heterocycles. The third-order valence-electron chi connectivity index (χ3n) is 2.11. The van der Waals surface area contributed by atoms with Crippen LogP contribution in [-0.2, 0) is 10.0 Å². The van der Waals surface area contributed by atoms with E-state index in [2.05, 4.69) is 9.71 Å². The summed E-state index contributed by atoms with van der Waals surface area (Å²) in [4.78, 5) is 13.2. The van der Waals surface area contributed by atoms with E-state index in [0.717, 1.165) is 0 Å². The van der Waals surface area contributed by atoms with Crippen LogP contribution in [0.15, 0.2) is 26.2 Å². The number of nitrogens with two attached hydrogens (primary N) is 1. The molecule has 0 spiro atoms. The van der Waals surface area contributed by atoms with Gasteiger partial charge in [-0.1, -0.05) is 0 Å². The highest BCUT2D eigenvalue weighted by Crippen LogP contribution is 2.22. The predicted octanol–water partition coefficient (Wildman–Crippen LogP) is -0.389. The molecule has 0 amide bonds. The number of nitrogens with one attached hydrogen (secondary N) is 2. The molecule has 4 N–H and O–H groups in total. The van der Waals surface area contributed by atoms with Crippen molar-refractivity contribution in [1.82, 2.24) is 9.71 Å². The van der Waals surface area contributed by atoms with Crippen LogP contribution < -0.4 is 16.2 Å². The SMILES string of the molecule is CNS(=O)(=O)c1cc(N)c2[nH]c(=O)oc2c1. The van der Waals surface area contributed by atoms with Crippen molar-refractivity contribution in [3.05, 3.63) is 22.7 Å². The Balaban J connectivity index is 2.81. The molecule has 0 unspecified atom stereocenters. The van der Waals surface area contributed by atoms with Gasteiger partial charge in [-0.15, -0.1) is 0 Å². The Morgan fingerprint density at radius 2 is 2.12 bits per heavy atom. The molecule has 0 aliphatic heterocycles. The number of nitrogen functional groups attached to an aromatic ring is 1. The summed E-state index contributed by atoms with van der Waals surface area (Å²) in [6.07, 6.45) is 0. The maximum atomic E-state index is 11.5. The standard InChI is InChI=1S/C8H9N3O4S/c1-10-16(13,14)4-2-5(9)7-6(3-4)15-8(12)11-7/h2-3,10H,9H2,1H3,(H,11,12). The van der Waals surface area contributed by atoms with Crippen molar-refractivity contribution in [3.63, 3.8) is 0 Å². The minimum absolute atomic E-state index is 0.0530. The van der Waals surface area contributed by atoms with E-state index in [-0.39, 0.29) is 16.2 Å². The van der Waals surface area contributed by atoms with Crippen molar-refractivity contribution in [3.8, 4) is 0 Å². The van der Waals surface area contributed by atoms with Crippen LogP contribution in [0.25, 0.3) is 11.1 Å². The largest absolute Gasteiger partial charge is 0.417 e.